The summed E-state index contributed by atoms with van der Waals surface area (Å²) in [5, 5.41) is 20.0. The lowest BCUT2D eigenvalue weighted by atomic mass is 9.71. The normalized spacial score (nSPS) is 23.4. The third-order valence-corrected chi connectivity index (χ3v) is 5.32. The van der Waals surface area contributed by atoms with Crippen LogP contribution >= 0.6 is 0 Å². The molecule has 24 heavy (non-hydrogen) atoms. The minimum absolute atomic E-state index is 0.0491. The number of hydrogen-bond acceptors (Lipinski definition) is 2. The fourth-order valence-electron chi connectivity index (χ4n) is 3.70. The van der Waals surface area contributed by atoms with Gasteiger partial charge in [-0.05, 0) is 49.0 Å². The Morgan fingerprint density at radius 3 is 2.33 bits per heavy atom. The second-order valence-electron chi connectivity index (χ2n) is 7.67. The number of benzene rings is 1. The summed E-state index contributed by atoms with van der Waals surface area (Å²) >= 11 is 0. The number of rotatable bonds is 3. The molecule has 0 aromatic heterocycles. The second kappa shape index (κ2) is 7.08. The average Bonchev–Trinajstić information content (AvgIpc) is 2.56. The van der Waals surface area contributed by atoms with Crippen LogP contribution in [-0.2, 0) is 11.8 Å². The molecular formula is C22H30O2. The van der Waals surface area contributed by atoms with Gasteiger partial charge in [-0.2, -0.15) is 0 Å². The molecule has 130 valence electrons. The molecule has 0 amide bonds. The number of hydrogen-bond donors (Lipinski definition) is 2. The maximum absolute atomic E-state index is 10.0. The summed E-state index contributed by atoms with van der Waals surface area (Å²) < 4.78 is 0. The molecule has 1 aliphatic carbocycles. The van der Waals surface area contributed by atoms with Crippen LogP contribution in [0, 0.1) is 12.3 Å². The molecule has 0 atom stereocenters. The van der Waals surface area contributed by atoms with Gasteiger partial charge in [0, 0.05) is 10.8 Å². The minimum Gasteiger partial charge on any atom is -0.396 e. The molecule has 0 saturated carbocycles. The first-order valence-electron chi connectivity index (χ1n) is 8.63. The zero-order valence-electron chi connectivity index (χ0n) is 15.4. The molecule has 0 heterocycles. The largest absolute Gasteiger partial charge is 0.396 e. The Kier molecular flexibility index (Phi) is 5.52. The fourth-order valence-corrected chi connectivity index (χ4v) is 3.70. The standard InChI is InChI=1S/C22H30O2/c1-6-17-10-19(7-2)21(4,5)20-9-16(3)8-18(11-20)13-22(12-17,14-23)15-24/h6-11,23-24H,1,12-15H2,2-5H3/b17-10+,19-7+. The molecule has 1 aliphatic rings. The molecule has 2 bridgehead atoms. The van der Waals surface area contributed by atoms with Crippen LogP contribution in [0.4, 0.5) is 0 Å². The van der Waals surface area contributed by atoms with Gasteiger partial charge in [-0.3, -0.25) is 0 Å². The molecule has 2 heteroatoms. The van der Waals surface area contributed by atoms with Gasteiger partial charge < -0.3 is 10.2 Å². The molecule has 2 nitrogen and oxygen atoms in total. The van der Waals surface area contributed by atoms with Crippen molar-refractivity contribution in [3.05, 3.63) is 70.8 Å². The third-order valence-electron chi connectivity index (χ3n) is 5.32. The van der Waals surface area contributed by atoms with Crippen LogP contribution in [0.25, 0.3) is 0 Å². The van der Waals surface area contributed by atoms with Gasteiger partial charge in [0.2, 0.25) is 0 Å². The van der Waals surface area contributed by atoms with Crippen molar-refractivity contribution in [2.75, 3.05) is 13.2 Å². The number of fused-ring (bicyclic) bond motifs is 2. The van der Waals surface area contributed by atoms with E-state index in [0.29, 0.717) is 12.8 Å². The zero-order valence-corrected chi connectivity index (χ0v) is 15.4. The van der Waals surface area contributed by atoms with E-state index in [1.165, 1.54) is 22.3 Å². The Labute approximate surface area is 146 Å². The zero-order chi connectivity index (χ0) is 18.0. The molecule has 0 aliphatic heterocycles. The summed E-state index contributed by atoms with van der Waals surface area (Å²) in [6.45, 7) is 12.5. The van der Waals surface area contributed by atoms with E-state index in [2.05, 4.69) is 64.6 Å². The molecule has 0 radical (unpaired) electrons. The van der Waals surface area contributed by atoms with Gasteiger partial charge in [-0.15, -0.1) is 0 Å². The van der Waals surface area contributed by atoms with Crippen LogP contribution < -0.4 is 0 Å². The summed E-state index contributed by atoms with van der Waals surface area (Å²) in [5.41, 5.74) is 5.25. The van der Waals surface area contributed by atoms with Gasteiger partial charge in [0.25, 0.3) is 0 Å². The molecule has 0 saturated heterocycles. The van der Waals surface area contributed by atoms with Gasteiger partial charge >= 0.3 is 0 Å². The van der Waals surface area contributed by atoms with Gasteiger partial charge in [-0.25, -0.2) is 0 Å². The quantitative estimate of drug-likeness (QED) is 0.872. The molecule has 2 N–H and O–H groups in total. The van der Waals surface area contributed by atoms with Crippen LogP contribution in [-0.4, -0.2) is 23.4 Å². The van der Waals surface area contributed by atoms with Crippen molar-refractivity contribution in [3.63, 3.8) is 0 Å². The van der Waals surface area contributed by atoms with Crippen molar-refractivity contribution in [2.24, 2.45) is 5.41 Å². The Morgan fingerprint density at radius 1 is 1.12 bits per heavy atom. The Morgan fingerprint density at radius 2 is 1.79 bits per heavy atom. The van der Waals surface area contributed by atoms with Crippen molar-refractivity contribution in [2.45, 2.75) is 46.0 Å². The van der Waals surface area contributed by atoms with Crippen molar-refractivity contribution < 1.29 is 10.2 Å². The Balaban J connectivity index is 2.74. The van der Waals surface area contributed by atoms with Crippen LogP contribution in [0.5, 0.6) is 0 Å². The highest BCUT2D eigenvalue weighted by atomic mass is 16.3. The van der Waals surface area contributed by atoms with E-state index < -0.39 is 5.41 Å². The van der Waals surface area contributed by atoms with Gasteiger partial charge in [0.05, 0.1) is 13.2 Å². The highest BCUT2D eigenvalue weighted by Crippen LogP contribution is 2.39. The number of aliphatic hydroxyl groups excluding tert-OH is 2. The maximum atomic E-state index is 10.0. The third kappa shape index (κ3) is 3.55. The number of aliphatic hydroxyl groups is 2. The number of aryl methyl sites for hydroxylation is 1. The predicted octanol–water partition coefficient (Wildman–Crippen LogP) is 4.25. The highest BCUT2D eigenvalue weighted by Gasteiger charge is 2.33. The summed E-state index contributed by atoms with van der Waals surface area (Å²) in [7, 11) is 0. The van der Waals surface area contributed by atoms with E-state index in [-0.39, 0.29) is 18.6 Å². The Bertz CT molecular complexity index is 673. The van der Waals surface area contributed by atoms with E-state index in [1.54, 1.807) is 0 Å². The average molecular weight is 326 g/mol. The minimum atomic E-state index is -0.564. The molecule has 0 unspecified atom stereocenters. The van der Waals surface area contributed by atoms with E-state index in [0.717, 1.165) is 5.57 Å². The summed E-state index contributed by atoms with van der Waals surface area (Å²) in [6.07, 6.45) is 7.43. The highest BCUT2D eigenvalue weighted by molar-refractivity contribution is 5.46. The van der Waals surface area contributed by atoms with Gasteiger partial charge in [0.1, 0.15) is 0 Å². The van der Waals surface area contributed by atoms with E-state index in [1.807, 2.05) is 6.08 Å². The lowest BCUT2D eigenvalue weighted by Crippen LogP contribution is -2.34. The predicted molar refractivity (Wildman–Crippen MR) is 101 cm³/mol. The van der Waals surface area contributed by atoms with E-state index in [4.69, 9.17) is 0 Å². The van der Waals surface area contributed by atoms with Gasteiger partial charge in [-0.1, -0.05) is 62.4 Å². The molecule has 0 fully saturated rings. The summed E-state index contributed by atoms with van der Waals surface area (Å²) in [5.74, 6) is 0. The smallest absolute Gasteiger partial charge is 0.0515 e. The van der Waals surface area contributed by atoms with Crippen molar-refractivity contribution in [3.8, 4) is 0 Å². The van der Waals surface area contributed by atoms with E-state index >= 15 is 0 Å². The first-order chi connectivity index (χ1) is 11.3. The van der Waals surface area contributed by atoms with Crippen molar-refractivity contribution >= 4 is 0 Å². The molecular weight excluding hydrogens is 296 g/mol. The summed E-state index contributed by atoms with van der Waals surface area (Å²) in [6, 6.07) is 6.62. The Hall–Kier alpha value is -1.64. The monoisotopic (exact) mass is 326 g/mol. The number of allylic oxidation sites excluding steroid dienone is 5. The second-order valence-corrected chi connectivity index (χ2v) is 7.67. The van der Waals surface area contributed by atoms with Crippen molar-refractivity contribution in [1.82, 2.24) is 0 Å². The molecule has 1 aromatic carbocycles. The van der Waals surface area contributed by atoms with Crippen LogP contribution in [0.3, 0.4) is 0 Å². The van der Waals surface area contributed by atoms with E-state index in [9.17, 15) is 10.2 Å². The van der Waals surface area contributed by atoms with Crippen LogP contribution in [0.15, 0.2) is 54.2 Å². The van der Waals surface area contributed by atoms with Gasteiger partial charge in [0.15, 0.2) is 0 Å². The summed E-state index contributed by atoms with van der Waals surface area (Å²) in [4.78, 5) is 0. The van der Waals surface area contributed by atoms with Crippen LogP contribution in [0.1, 0.15) is 43.9 Å². The first-order valence-corrected chi connectivity index (χ1v) is 8.63. The first kappa shape index (κ1) is 18.7. The SMILES string of the molecule is C=C/C1=C\C(=C/C)C(C)(C)c2cc(C)cc(c2)CC(CO)(CO)C1. The molecule has 2 rings (SSSR count). The molecule has 0 spiro atoms. The van der Waals surface area contributed by atoms with Crippen LogP contribution in [0.2, 0.25) is 0 Å². The fraction of sp³-hybridized carbons (Fsp3) is 0.455. The topological polar surface area (TPSA) is 40.5 Å². The lowest BCUT2D eigenvalue weighted by molar-refractivity contribution is 0.0553. The molecule has 1 aromatic rings. The maximum Gasteiger partial charge on any atom is 0.0515 e. The lowest BCUT2D eigenvalue weighted by Gasteiger charge is -2.35. The van der Waals surface area contributed by atoms with Crippen molar-refractivity contribution in [1.29, 1.82) is 0 Å².